The molecule has 0 saturated carbocycles. The average molecular weight is 356 g/mol. The van der Waals surface area contributed by atoms with Gasteiger partial charge in [-0.3, -0.25) is 14.7 Å². The van der Waals surface area contributed by atoms with Gasteiger partial charge in [0.15, 0.2) is 0 Å². The molecule has 0 aliphatic carbocycles. The largest absolute Gasteiger partial charge is 0.487 e. The van der Waals surface area contributed by atoms with Crippen molar-refractivity contribution < 1.29 is 14.6 Å². The highest BCUT2D eigenvalue weighted by Gasteiger charge is 2.28. The molecule has 2 heterocycles. The number of hydrogen-bond acceptors (Lipinski definition) is 4. The molecule has 1 saturated heterocycles. The monoisotopic (exact) mass is 356 g/mol. The summed E-state index contributed by atoms with van der Waals surface area (Å²) in [4.78, 5) is 17.7. The van der Waals surface area contributed by atoms with Crippen LogP contribution in [0.2, 0.25) is 0 Å². The zero-order chi connectivity index (χ0) is 18.5. The number of carbonyl (C=O) groups is 1. The second-order valence-electron chi connectivity index (χ2n) is 7.24. The van der Waals surface area contributed by atoms with Crippen molar-refractivity contribution in [3.8, 4) is 5.75 Å². The van der Waals surface area contributed by atoms with E-state index in [2.05, 4.69) is 35.0 Å². The number of carboxylic acid groups (broad SMARTS) is 1. The number of fused-ring (bicyclic) bond motifs is 1. The zero-order valence-corrected chi connectivity index (χ0v) is 15.6. The molecule has 1 fully saturated rings. The number of carboxylic acids is 1. The number of likely N-dealkylation sites (tertiary alicyclic amines) is 1. The average Bonchev–Trinajstić information content (AvgIpc) is 3.08. The second kappa shape index (κ2) is 8.49. The predicted octanol–water partition coefficient (Wildman–Crippen LogP) is 3.89. The van der Waals surface area contributed by atoms with Gasteiger partial charge in [-0.2, -0.15) is 0 Å². The van der Waals surface area contributed by atoms with Crippen LogP contribution in [0.25, 0.3) is 10.9 Å². The van der Waals surface area contributed by atoms with E-state index in [0.29, 0.717) is 0 Å². The van der Waals surface area contributed by atoms with Crippen molar-refractivity contribution in [2.75, 3.05) is 13.1 Å². The molecule has 0 radical (unpaired) electrons. The van der Waals surface area contributed by atoms with Gasteiger partial charge in [-0.15, -0.1) is 0 Å². The summed E-state index contributed by atoms with van der Waals surface area (Å²) in [6.45, 7) is 5.81. The molecule has 3 rings (SSSR count). The van der Waals surface area contributed by atoms with Gasteiger partial charge in [0.25, 0.3) is 0 Å². The Morgan fingerprint density at radius 3 is 3.08 bits per heavy atom. The Labute approximate surface area is 155 Å². The fourth-order valence-corrected chi connectivity index (χ4v) is 3.65. The summed E-state index contributed by atoms with van der Waals surface area (Å²) >= 11 is 0. The first-order valence-electron chi connectivity index (χ1n) is 9.57. The minimum Gasteiger partial charge on any atom is -0.487 e. The number of aromatic nitrogens is 1. The summed E-state index contributed by atoms with van der Waals surface area (Å²) in [6, 6.07) is 8.42. The van der Waals surface area contributed by atoms with E-state index in [4.69, 9.17) is 9.84 Å². The summed E-state index contributed by atoms with van der Waals surface area (Å²) in [5, 5.41) is 10.1. The molecule has 1 unspecified atom stereocenters. The Morgan fingerprint density at radius 1 is 1.46 bits per heavy atom. The third-order valence-corrected chi connectivity index (χ3v) is 5.11. The summed E-state index contributed by atoms with van der Waals surface area (Å²) in [7, 11) is 0. The normalized spacial score (nSPS) is 18.9. The number of ether oxygens (including phenoxy) is 1. The van der Waals surface area contributed by atoms with Crippen LogP contribution in [0.15, 0.2) is 30.5 Å². The highest BCUT2D eigenvalue weighted by Crippen LogP contribution is 2.29. The molecule has 0 amide bonds. The standard InChI is InChI=1S/C21H28N2O3/c1-3-4-6-16-12-17-7-5-9-22-21(17)19(13-16)26-18-8-10-23(14-18)15(2)11-20(24)25/h5,7,9,12-13,15,18H,3-4,6,8,10-11,14H2,1-2H3,(H,24,25)/t15?,18-/m1/s1. The predicted molar refractivity (Wildman–Crippen MR) is 103 cm³/mol. The maximum Gasteiger partial charge on any atom is 0.304 e. The Hall–Kier alpha value is -2.14. The van der Waals surface area contributed by atoms with E-state index in [1.165, 1.54) is 12.0 Å². The molecule has 1 aliphatic rings. The van der Waals surface area contributed by atoms with E-state index in [0.717, 1.165) is 49.0 Å². The fourth-order valence-electron chi connectivity index (χ4n) is 3.65. The Morgan fingerprint density at radius 2 is 2.31 bits per heavy atom. The fraction of sp³-hybridized carbons (Fsp3) is 0.524. The van der Waals surface area contributed by atoms with Gasteiger partial charge in [0, 0.05) is 30.7 Å². The summed E-state index contributed by atoms with van der Waals surface area (Å²) in [5.74, 6) is 0.104. The van der Waals surface area contributed by atoms with Crippen LogP contribution in [0, 0.1) is 0 Å². The first-order valence-corrected chi connectivity index (χ1v) is 9.57. The van der Waals surface area contributed by atoms with E-state index in [9.17, 15) is 4.79 Å². The van der Waals surface area contributed by atoms with Gasteiger partial charge in [-0.05, 0) is 49.9 Å². The van der Waals surface area contributed by atoms with Gasteiger partial charge in [0.1, 0.15) is 17.4 Å². The molecule has 5 heteroatoms. The van der Waals surface area contributed by atoms with E-state index in [1.807, 2.05) is 13.0 Å². The van der Waals surface area contributed by atoms with Gasteiger partial charge in [0.2, 0.25) is 0 Å². The lowest BCUT2D eigenvalue weighted by atomic mass is 10.0. The number of aryl methyl sites for hydroxylation is 1. The molecule has 26 heavy (non-hydrogen) atoms. The smallest absolute Gasteiger partial charge is 0.304 e. The van der Waals surface area contributed by atoms with Crippen LogP contribution < -0.4 is 4.74 Å². The van der Waals surface area contributed by atoms with Gasteiger partial charge in [-0.1, -0.05) is 19.4 Å². The zero-order valence-electron chi connectivity index (χ0n) is 15.6. The lowest BCUT2D eigenvalue weighted by Gasteiger charge is -2.23. The third kappa shape index (κ3) is 4.52. The number of pyridine rings is 1. The molecule has 1 aromatic carbocycles. The topological polar surface area (TPSA) is 62.7 Å². The molecule has 0 spiro atoms. The van der Waals surface area contributed by atoms with Gasteiger partial charge >= 0.3 is 5.97 Å². The summed E-state index contributed by atoms with van der Waals surface area (Å²) < 4.78 is 6.34. The molecule has 0 bridgehead atoms. The van der Waals surface area contributed by atoms with Gasteiger partial charge < -0.3 is 9.84 Å². The number of unbranched alkanes of at least 4 members (excludes halogenated alkanes) is 1. The molecular weight excluding hydrogens is 328 g/mol. The summed E-state index contributed by atoms with van der Waals surface area (Å²) in [5.41, 5.74) is 2.20. The van der Waals surface area contributed by atoms with E-state index >= 15 is 0 Å². The quantitative estimate of drug-likeness (QED) is 0.777. The van der Waals surface area contributed by atoms with Gasteiger partial charge in [-0.25, -0.2) is 0 Å². The van der Waals surface area contributed by atoms with Crippen LogP contribution in [0.5, 0.6) is 5.75 Å². The molecule has 140 valence electrons. The van der Waals surface area contributed by atoms with Crippen LogP contribution in [0.3, 0.4) is 0 Å². The molecule has 1 aliphatic heterocycles. The molecule has 1 aromatic heterocycles. The number of hydrogen-bond donors (Lipinski definition) is 1. The van der Waals surface area contributed by atoms with Crippen molar-refractivity contribution in [2.24, 2.45) is 0 Å². The molecule has 1 N–H and O–H groups in total. The third-order valence-electron chi connectivity index (χ3n) is 5.11. The molecule has 5 nitrogen and oxygen atoms in total. The van der Waals surface area contributed by atoms with Crippen molar-refractivity contribution in [1.29, 1.82) is 0 Å². The first kappa shape index (κ1) is 18.6. The van der Waals surface area contributed by atoms with Crippen molar-refractivity contribution in [3.63, 3.8) is 0 Å². The minimum atomic E-state index is -0.749. The van der Waals surface area contributed by atoms with Crippen molar-refractivity contribution >= 4 is 16.9 Å². The van der Waals surface area contributed by atoms with Crippen molar-refractivity contribution in [1.82, 2.24) is 9.88 Å². The van der Waals surface area contributed by atoms with Crippen molar-refractivity contribution in [3.05, 3.63) is 36.0 Å². The molecule has 2 aromatic rings. The summed E-state index contributed by atoms with van der Waals surface area (Å²) in [6.07, 6.45) is 6.34. The maximum absolute atomic E-state index is 10.9. The lowest BCUT2D eigenvalue weighted by molar-refractivity contribution is -0.138. The molecular formula is C21H28N2O3. The first-order chi connectivity index (χ1) is 12.6. The number of nitrogens with zero attached hydrogens (tertiary/aromatic N) is 2. The SMILES string of the molecule is CCCCc1cc(O[C@@H]2CCN(C(C)CC(=O)O)C2)c2ncccc2c1. The number of aliphatic carboxylic acids is 1. The highest BCUT2D eigenvalue weighted by molar-refractivity contribution is 5.85. The Kier molecular flexibility index (Phi) is 6.09. The minimum absolute atomic E-state index is 0.0341. The van der Waals surface area contributed by atoms with E-state index in [-0.39, 0.29) is 18.6 Å². The lowest BCUT2D eigenvalue weighted by Crippen LogP contribution is -2.34. The molecule has 2 atom stereocenters. The van der Waals surface area contributed by atoms with Crippen LogP contribution in [0.1, 0.15) is 45.1 Å². The Balaban J connectivity index is 1.75. The number of rotatable bonds is 8. The maximum atomic E-state index is 10.9. The highest BCUT2D eigenvalue weighted by atomic mass is 16.5. The van der Waals surface area contributed by atoms with E-state index < -0.39 is 5.97 Å². The second-order valence-corrected chi connectivity index (χ2v) is 7.24. The van der Waals surface area contributed by atoms with E-state index in [1.54, 1.807) is 6.20 Å². The van der Waals surface area contributed by atoms with Crippen LogP contribution in [0.4, 0.5) is 0 Å². The van der Waals surface area contributed by atoms with Crippen LogP contribution >= 0.6 is 0 Å². The number of benzene rings is 1. The van der Waals surface area contributed by atoms with Crippen LogP contribution in [-0.4, -0.2) is 46.2 Å². The van der Waals surface area contributed by atoms with Gasteiger partial charge in [0.05, 0.1) is 6.42 Å². The van der Waals surface area contributed by atoms with Crippen molar-refractivity contribution in [2.45, 2.75) is 58.1 Å². The van der Waals surface area contributed by atoms with Crippen LogP contribution in [-0.2, 0) is 11.2 Å². The Bertz CT molecular complexity index is 762.